The molecule has 1 heterocycles. The highest BCUT2D eigenvalue weighted by atomic mass is 19.5. The van der Waals surface area contributed by atoms with Crippen molar-refractivity contribution in [3.05, 3.63) is 18.7 Å². The van der Waals surface area contributed by atoms with Gasteiger partial charge >= 0.3 is 13.2 Å². The van der Waals surface area contributed by atoms with E-state index in [0.717, 1.165) is 19.4 Å². The maximum Gasteiger partial charge on any atom is 0.673 e. The second-order valence-electron chi connectivity index (χ2n) is 5.05. The van der Waals surface area contributed by atoms with E-state index in [9.17, 15) is 22.1 Å². The van der Waals surface area contributed by atoms with Gasteiger partial charge in [0, 0.05) is 6.61 Å². The number of halogens is 4. The van der Waals surface area contributed by atoms with Crippen molar-refractivity contribution >= 4 is 13.2 Å². The molecule has 0 unspecified atom stereocenters. The normalized spacial score (nSPS) is 11.0. The van der Waals surface area contributed by atoms with E-state index in [-0.39, 0.29) is 19.1 Å². The second kappa shape index (κ2) is 13.7. The van der Waals surface area contributed by atoms with Gasteiger partial charge in [-0.15, -0.1) is 0 Å². The molecule has 0 N–H and O–H groups in total. The van der Waals surface area contributed by atoms with Gasteiger partial charge in [0.05, 0.1) is 26.9 Å². The minimum Gasteiger partial charge on any atom is -0.460 e. The second-order valence-corrected chi connectivity index (χ2v) is 5.05. The lowest BCUT2D eigenvalue weighted by molar-refractivity contribution is -0.671. The summed E-state index contributed by atoms with van der Waals surface area (Å²) in [7, 11) is -4.10. The van der Waals surface area contributed by atoms with Crippen LogP contribution in [-0.2, 0) is 32.6 Å². The van der Waals surface area contributed by atoms with Crippen LogP contribution < -0.4 is 4.57 Å². The minimum absolute atomic E-state index is 0.223. The average molecular weight is 372 g/mol. The lowest BCUT2D eigenvalue weighted by atomic mass is 10.3. The Balaban J connectivity index is 0.00000101. The number of aryl methyl sites for hydroxylation is 1. The van der Waals surface area contributed by atoms with Crippen LogP contribution in [0.3, 0.4) is 0 Å². The molecule has 0 aliphatic carbocycles. The van der Waals surface area contributed by atoms with Gasteiger partial charge in [-0.1, -0.05) is 13.3 Å². The van der Waals surface area contributed by atoms with Gasteiger partial charge in [-0.3, -0.25) is 0 Å². The molecule has 0 aliphatic heterocycles. The molecule has 0 atom stereocenters. The lowest BCUT2D eigenvalue weighted by Crippen LogP contribution is -2.24. The van der Waals surface area contributed by atoms with Gasteiger partial charge in [0.2, 0.25) is 6.33 Å². The van der Waals surface area contributed by atoms with Crippen LogP contribution in [0.2, 0.25) is 0 Å². The van der Waals surface area contributed by atoms with Crippen molar-refractivity contribution in [3.8, 4) is 0 Å². The summed E-state index contributed by atoms with van der Waals surface area (Å²) in [6, 6.07) is 0. The molecule has 146 valence electrons. The fourth-order valence-electron chi connectivity index (χ4n) is 1.57. The SMILES string of the molecule is CCCCOCCOCCOC(=O)Cn1cc[n+](C)c1.F[B-](F)(F)F. The Morgan fingerprint density at radius 1 is 1.08 bits per heavy atom. The van der Waals surface area contributed by atoms with E-state index in [1.807, 2.05) is 30.3 Å². The molecule has 0 saturated carbocycles. The number of carbonyl (C=O) groups excluding carboxylic acids is 1. The van der Waals surface area contributed by atoms with Crippen LogP contribution in [0, 0.1) is 0 Å². The van der Waals surface area contributed by atoms with Crippen molar-refractivity contribution in [1.29, 1.82) is 0 Å². The number of aromatic nitrogens is 2. The number of ether oxygens (including phenoxy) is 3. The van der Waals surface area contributed by atoms with Gasteiger partial charge in [0.15, 0.2) is 6.54 Å². The van der Waals surface area contributed by atoms with Crippen LogP contribution in [0.5, 0.6) is 0 Å². The fraction of sp³-hybridized carbons (Fsp3) is 0.714. The molecular weight excluding hydrogens is 347 g/mol. The van der Waals surface area contributed by atoms with Crippen molar-refractivity contribution in [1.82, 2.24) is 4.57 Å². The molecule has 0 amide bonds. The molecular formula is C14H25BF4N2O4. The zero-order valence-electron chi connectivity index (χ0n) is 14.5. The van der Waals surface area contributed by atoms with Crippen molar-refractivity contribution in [3.63, 3.8) is 0 Å². The van der Waals surface area contributed by atoms with E-state index < -0.39 is 7.25 Å². The molecule has 0 saturated heterocycles. The van der Waals surface area contributed by atoms with Crippen molar-refractivity contribution < 1.29 is 40.8 Å². The van der Waals surface area contributed by atoms with Crippen molar-refractivity contribution in [2.75, 3.05) is 33.0 Å². The quantitative estimate of drug-likeness (QED) is 0.196. The van der Waals surface area contributed by atoms with E-state index in [1.54, 1.807) is 4.57 Å². The molecule has 0 fully saturated rings. The van der Waals surface area contributed by atoms with Crippen molar-refractivity contribution in [2.45, 2.75) is 26.3 Å². The highest BCUT2D eigenvalue weighted by Gasteiger charge is 2.20. The molecule has 0 radical (unpaired) electrons. The predicted octanol–water partition coefficient (Wildman–Crippen LogP) is 1.99. The summed E-state index contributed by atoms with van der Waals surface area (Å²) in [6.45, 7) is 4.94. The molecule has 0 aliphatic rings. The van der Waals surface area contributed by atoms with Gasteiger partial charge in [0.25, 0.3) is 0 Å². The van der Waals surface area contributed by atoms with E-state index in [4.69, 9.17) is 14.2 Å². The highest BCUT2D eigenvalue weighted by Crippen LogP contribution is 2.06. The average Bonchev–Trinajstić information content (AvgIpc) is 2.89. The third-order valence-electron chi connectivity index (χ3n) is 2.64. The summed E-state index contributed by atoms with van der Waals surface area (Å²) in [5.74, 6) is -0.260. The van der Waals surface area contributed by atoms with E-state index in [1.165, 1.54) is 0 Å². The van der Waals surface area contributed by atoms with Gasteiger partial charge < -0.3 is 31.5 Å². The third-order valence-corrected chi connectivity index (χ3v) is 2.64. The molecule has 0 bridgehead atoms. The van der Waals surface area contributed by atoms with Crippen molar-refractivity contribution in [2.24, 2.45) is 7.05 Å². The first kappa shape index (κ1) is 23.4. The topological polar surface area (TPSA) is 53.6 Å². The van der Waals surface area contributed by atoms with Gasteiger partial charge in [-0.25, -0.2) is 13.9 Å². The summed E-state index contributed by atoms with van der Waals surface area (Å²) >= 11 is 0. The largest absolute Gasteiger partial charge is 0.673 e. The monoisotopic (exact) mass is 372 g/mol. The standard InChI is InChI=1S/C14H25N2O4.BF4/c1-3-4-7-18-8-9-19-10-11-20-14(17)12-16-6-5-15(2)13-16;2-1(3,4)5/h5-6,13H,3-4,7-12H2,1-2H3;/q+1;-1. The first-order chi connectivity index (χ1) is 11.7. The maximum absolute atomic E-state index is 11.5. The lowest BCUT2D eigenvalue weighted by Gasteiger charge is -2.06. The van der Waals surface area contributed by atoms with Crippen LogP contribution in [0.1, 0.15) is 19.8 Å². The van der Waals surface area contributed by atoms with Gasteiger partial charge in [-0.05, 0) is 6.42 Å². The van der Waals surface area contributed by atoms with Crippen LogP contribution in [0.15, 0.2) is 18.7 Å². The number of unbranched alkanes of at least 4 members (excludes halogenated alkanes) is 1. The zero-order valence-corrected chi connectivity index (χ0v) is 14.5. The Bertz CT molecular complexity index is 466. The highest BCUT2D eigenvalue weighted by molar-refractivity contribution is 6.50. The Hall–Kier alpha value is -1.62. The fourth-order valence-corrected chi connectivity index (χ4v) is 1.57. The first-order valence-electron chi connectivity index (χ1n) is 7.91. The number of esters is 1. The Morgan fingerprint density at radius 2 is 1.64 bits per heavy atom. The Kier molecular flexibility index (Phi) is 12.8. The molecule has 1 aromatic heterocycles. The van der Waals surface area contributed by atoms with Gasteiger partial charge in [-0.2, -0.15) is 0 Å². The number of rotatable bonds is 11. The summed E-state index contributed by atoms with van der Waals surface area (Å²) in [6.07, 6.45) is 7.73. The summed E-state index contributed by atoms with van der Waals surface area (Å²) < 4.78 is 58.4. The van der Waals surface area contributed by atoms with Crippen LogP contribution in [0.4, 0.5) is 17.3 Å². The zero-order chi connectivity index (χ0) is 19.1. The van der Waals surface area contributed by atoms with Crippen LogP contribution >= 0.6 is 0 Å². The van der Waals surface area contributed by atoms with E-state index >= 15 is 0 Å². The summed E-state index contributed by atoms with van der Waals surface area (Å²) in [5.41, 5.74) is 0. The van der Waals surface area contributed by atoms with Crippen LogP contribution in [0.25, 0.3) is 0 Å². The smallest absolute Gasteiger partial charge is 0.460 e. The maximum atomic E-state index is 11.5. The molecule has 6 nitrogen and oxygen atoms in total. The number of nitrogens with zero attached hydrogens (tertiary/aromatic N) is 2. The number of imidazole rings is 1. The molecule has 1 aromatic rings. The molecule has 11 heteroatoms. The first-order valence-corrected chi connectivity index (χ1v) is 7.91. The van der Waals surface area contributed by atoms with Crippen LogP contribution in [-0.4, -0.2) is 50.8 Å². The number of hydrogen-bond donors (Lipinski definition) is 0. The Labute approximate surface area is 144 Å². The van der Waals surface area contributed by atoms with E-state index in [0.29, 0.717) is 19.8 Å². The molecule has 0 spiro atoms. The summed E-state index contributed by atoms with van der Waals surface area (Å²) in [4.78, 5) is 11.5. The molecule has 1 rings (SSSR count). The molecule has 0 aromatic carbocycles. The number of carbonyl (C=O) groups is 1. The van der Waals surface area contributed by atoms with Gasteiger partial charge in [0.1, 0.15) is 19.0 Å². The predicted molar refractivity (Wildman–Crippen MR) is 83.3 cm³/mol. The molecule has 25 heavy (non-hydrogen) atoms. The van der Waals surface area contributed by atoms with E-state index in [2.05, 4.69) is 6.92 Å². The summed E-state index contributed by atoms with van der Waals surface area (Å²) in [5, 5.41) is 0. The Morgan fingerprint density at radius 3 is 2.16 bits per heavy atom. The number of hydrogen-bond acceptors (Lipinski definition) is 4. The third kappa shape index (κ3) is 18.6. The minimum atomic E-state index is -6.00.